The van der Waals surface area contributed by atoms with Gasteiger partial charge in [-0.1, -0.05) is 18.2 Å². The number of tetrazole rings is 1. The van der Waals surface area contributed by atoms with Crippen LogP contribution in [0.4, 0.5) is 22.0 Å². The van der Waals surface area contributed by atoms with E-state index in [2.05, 4.69) is 15.5 Å². The van der Waals surface area contributed by atoms with E-state index in [-0.39, 0.29) is 35.1 Å². The van der Waals surface area contributed by atoms with Gasteiger partial charge in [0.15, 0.2) is 6.10 Å². The van der Waals surface area contributed by atoms with Crippen molar-refractivity contribution < 1.29 is 36.9 Å². The Morgan fingerprint density at radius 3 is 2.33 bits per heavy atom. The molecule has 0 spiro atoms. The van der Waals surface area contributed by atoms with Crippen molar-refractivity contribution in [1.82, 2.24) is 20.2 Å². The highest BCUT2D eigenvalue weighted by Crippen LogP contribution is 2.76. The summed E-state index contributed by atoms with van der Waals surface area (Å²) in [5, 5.41) is 31.6. The normalized spacial score (nSPS) is 25.4. The van der Waals surface area contributed by atoms with E-state index >= 15 is 0 Å². The van der Waals surface area contributed by atoms with Crippen molar-refractivity contribution in [2.24, 2.45) is 5.41 Å². The second kappa shape index (κ2) is 8.48. The van der Waals surface area contributed by atoms with Crippen LogP contribution in [0.3, 0.4) is 0 Å². The molecule has 0 radical (unpaired) electrons. The molecule has 0 amide bonds. The maximum absolute atomic E-state index is 14.7. The molecule has 3 aromatic rings. The number of nitrogens with zero attached hydrogens (tertiary/aromatic N) is 4. The van der Waals surface area contributed by atoms with Crippen molar-refractivity contribution in [2.45, 2.75) is 55.5 Å². The van der Waals surface area contributed by atoms with Crippen LogP contribution >= 0.6 is 0 Å². The Bertz CT molecular complexity index is 1220. The van der Waals surface area contributed by atoms with Gasteiger partial charge in [0.25, 0.3) is 0 Å². The molecule has 0 saturated heterocycles. The van der Waals surface area contributed by atoms with Crippen LogP contribution in [0.2, 0.25) is 0 Å². The van der Waals surface area contributed by atoms with Gasteiger partial charge < -0.3 is 14.9 Å². The Kier molecular flexibility index (Phi) is 5.79. The second-order valence-electron chi connectivity index (χ2n) is 10.0. The number of aliphatic hydroxyl groups excluding tert-OH is 1. The van der Waals surface area contributed by atoms with Crippen molar-refractivity contribution >= 4 is 0 Å². The van der Waals surface area contributed by atoms with Gasteiger partial charge in [-0.3, -0.25) is 0 Å². The summed E-state index contributed by atoms with van der Waals surface area (Å²) in [5.41, 5.74) is -1.10. The van der Waals surface area contributed by atoms with Crippen LogP contribution in [-0.2, 0) is 17.6 Å². The number of halogens is 5. The van der Waals surface area contributed by atoms with Gasteiger partial charge in [0.05, 0.1) is 6.54 Å². The predicted octanol–water partition coefficient (Wildman–Crippen LogP) is 3.65. The summed E-state index contributed by atoms with van der Waals surface area (Å²) < 4.78 is 71.9. The Hall–Kier alpha value is -3.12. The van der Waals surface area contributed by atoms with E-state index < -0.39 is 36.1 Å². The van der Waals surface area contributed by atoms with Gasteiger partial charge in [-0.15, -0.1) is 5.10 Å². The Labute approximate surface area is 202 Å². The van der Waals surface area contributed by atoms with E-state index in [1.54, 1.807) is 24.3 Å². The van der Waals surface area contributed by atoms with E-state index in [1.165, 1.54) is 17.1 Å². The molecule has 2 aromatic carbocycles. The third kappa shape index (κ3) is 4.43. The first-order chi connectivity index (χ1) is 16.9. The van der Waals surface area contributed by atoms with Crippen LogP contribution in [0.1, 0.15) is 36.8 Å². The minimum Gasteiger partial charge on any atom is -0.491 e. The van der Waals surface area contributed by atoms with E-state index in [4.69, 9.17) is 9.84 Å². The van der Waals surface area contributed by atoms with Crippen LogP contribution in [-0.4, -0.2) is 49.3 Å². The lowest BCUT2D eigenvalue weighted by Crippen LogP contribution is -2.66. The van der Waals surface area contributed by atoms with Gasteiger partial charge in [-0.2, -0.15) is 13.2 Å². The number of benzene rings is 2. The zero-order valence-electron chi connectivity index (χ0n) is 18.9. The zero-order chi connectivity index (χ0) is 25.8. The molecule has 3 aliphatic carbocycles. The Morgan fingerprint density at radius 2 is 1.75 bits per heavy atom. The van der Waals surface area contributed by atoms with Crippen molar-refractivity contribution in [3.05, 3.63) is 71.6 Å². The van der Waals surface area contributed by atoms with Gasteiger partial charge in [0.1, 0.15) is 35.9 Å². The molecule has 0 aliphatic heterocycles. The fraction of sp³-hybridized carbons (Fsp3) is 0.458. The largest absolute Gasteiger partial charge is 0.491 e. The molecule has 3 saturated carbocycles. The lowest BCUT2D eigenvalue weighted by Gasteiger charge is -2.72. The molecule has 3 aliphatic rings. The smallest absolute Gasteiger partial charge is 0.417 e. The third-order valence-corrected chi connectivity index (χ3v) is 7.31. The number of ether oxygens (including phenoxy) is 1. The average Bonchev–Trinajstić information content (AvgIpc) is 3.26. The molecule has 1 unspecified atom stereocenters. The SMILES string of the molecule is O[C@H](COc1ccc(C23CC(CC(O)(Cn4cnnn4)c4ccc(F)cc4F)(C2)C3)cc1)C(F)(F)F. The number of aromatic nitrogens is 4. The van der Waals surface area contributed by atoms with E-state index in [9.17, 15) is 27.1 Å². The highest BCUT2D eigenvalue weighted by molar-refractivity contribution is 5.42. The molecule has 3 fully saturated rings. The van der Waals surface area contributed by atoms with Gasteiger partial charge in [0, 0.05) is 11.6 Å². The molecular formula is C24H23F5N4O3. The number of alkyl halides is 3. The Balaban J connectivity index is 1.27. The first-order valence-electron chi connectivity index (χ1n) is 11.3. The minimum absolute atomic E-state index is 0.0271. The summed E-state index contributed by atoms with van der Waals surface area (Å²) in [7, 11) is 0. The first kappa shape index (κ1) is 24.6. The standard InChI is InChI=1S/C24H23F5N4O3/c25-16-3-6-18(19(26)7-16)23(35,13-33-14-30-31-32-33)12-21-9-22(10-21,11-21)15-1-4-17(5-2-15)36-8-20(34)24(27,28)29/h1-7,14,20,34-35H,8-13H2/t20-,21?,22?,23?/m1/s1. The molecule has 2 atom stereocenters. The molecule has 12 heteroatoms. The fourth-order valence-corrected chi connectivity index (χ4v) is 5.91. The van der Waals surface area contributed by atoms with Crippen LogP contribution in [0, 0.1) is 17.0 Å². The number of rotatable bonds is 9. The molecule has 1 heterocycles. The number of hydrogen-bond acceptors (Lipinski definition) is 6. The molecule has 192 valence electrons. The summed E-state index contributed by atoms with van der Waals surface area (Å²) in [5.74, 6) is -1.38. The van der Waals surface area contributed by atoms with Crippen LogP contribution in [0.25, 0.3) is 0 Å². The second-order valence-corrected chi connectivity index (χ2v) is 10.0. The van der Waals surface area contributed by atoms with E-state index in [1.807, 2.05) is 0 Å². The highest BCUT2D eigenvalue weighted by Gasteiger charge is 2.69. The van der Waals surface area contributed by atoms with Crippen molar-refractivity contribution in [3.63, 3.8) is 0 Å². The molecule has 6 rings (SSSR count). The fourth-order valence-electron chi connectivity index (χ4n) is 5.91. The molecule has 36 heavy (non-hydrogen) atoms. The monoisotopic (exact) mass is 510 g/mol. The zero-order valence-corrected chi connectivity index (χ0v) is 18.9. The lowest BCUT2D eigenvalue weighted by atomic mass is 9.32. The van der Waals surface area contributed by atoms with Gasteiger partial charge in [-0.25, -0.2) is 13.5 Å². The van der Waals surface area contributed by atoms with E-state index in [0.717, 1.165) is 37.0 Å². The minimum atomic E-state index is -4.75. The van der Waals surface area contributed by atoms with E-state index in [0.29, 0.717) is 0 Å². The van der Waals surface area contributed by atoms with Gasteiger partial charge in [-0.05, 0) is 70.7 Å². The molecule has 2 N–H and O–H groups in total. The lowest BCUT2D eigenvalue weighted by molar-refractivity contribution is -0.210. The molecule has 1 aromatic heterocycles. The molecule has 7 nitrogen and oxygen atoms in total. The summed E-state index contributed by atoms with van der Waals surface area (Å²) in [6, 6.07) is 9.77. The van der Waals surface area contributed by atoms with Gasteiger partial charge >= 0.3 is 6.18 Å². The van der Waals surface area contributed by atoms with Crippen molar-refractivity contribution in [1.29, 1.82) is 0 Å². The van der Waals surface area contributed by atoms with Crippen LogP contribution < -0.4 is 4.74 Å². The van der Waals surface area contributed by atoms with Crippen molar-refractivity contribution in [3.8, 4) is 5.75 Å². The number of hydrogen-bond donors (Lipinski definition) is 2. The summed E-state index contributed by atoms with van der Waals surface area (Å²) in [6.45, 7) is -0.996. The quantitative estimate of drug-likeness (QED) is 0.427. The molecule has 2 bridgehead atoms. The third-order valence-electron chi connectivity index (χ3n) is 7.31. The maximum Gasteiger partial charge on any atom is 0.417 e. The van der Waals surface area contributed by atoms with Crippen LogP contribution in [0.5, 0.6) is 5.75 Å². The van der Waals surface area contributed by atoms with Gasteiger partial charge in [0.2, 0.25) is 0 Å². The van der Waals surface area contributed by atoms with Crippen LogP contribution in [0.15, 0.2) is 48.8 Å². The maximum atomic E-state index is 14.7. The number of aliphatic hydroxyl groups is 2. The Morgan fingerprint density at radius 1 is 1.06 bits per heavy atom. The molecular weight excluding hydrogens is 487 g/mol. The van der Waals surface area contributed by atoms with Crippen molar-refractivity contribution in [2.75, 3.05) is 6.61 Å². The predicted molar refractivity (Wildman–Crippen MR) is 115 cm³/mol. The average molecular weight is 510 g/mol. The summed E-state index contributed by atoms with van der Waals surface area (Å²) in [4.78, 5) is 0. The summed E-state index contributed by atoms with van der Waals surface area (Å²) in [6.07, 6.45) is -3.58. The first-order valence-corrected chi connectivity index (χ1v) is 11.3. The highest BCUT2D eigenvalue weighted by atomic mass is 19.4. The summed E-state index contributed by atoms with van der Waals surface area (Å²) >= 11 is 0. The topological polar surface area (TPSA) is 93.3 Å².